The minimum Gasteiger partial charge on any atom is -0.480 e. The van der Waals surface area contributed by atoms with Crippen LogP contribution in [0, 0.1) is 5.92 Å². The monoisotopic (exact) mass is 260 g/mol. The fourth-order valence-corrected chi connectivity index (χ4v) is 1.72. The van der Waals surface area contributed by atoms with Crippen molar-refractivity contribution in [3.63, 3.8) is 0 Å². The van der Waals surface area contributed by atoms with Crippen LogP contribution in [-0.4, -0.2) is 26.5 Å². The second kappa shape index (κ2) is 3.57. The van der Waals surface area contributed by atoms with Gasteiger partial charge in [-0.25, -0.2) is 4.79 Å². The summed E-state index contributed by atoms with van der Waals surface area (Å²) in [5.74, 6) is -2.79. The molecule has 0 saturated heterocycles. The zero-order valence-electron chi connectivity index (χ0n) is 7.40. The summed E-state index contributed by atoms with van der Waals surface area (Å²) in [6, 6.07) is 0. The molecule has 0 fully saturated rings. The summed E-state index contributed by atoms with van der Waals surface area (Å²) in [5.41, 5.74) is 0.0896. The summed E-state index contributed by atoms with van der Waals surface area (Å²) in [7, 11) is 0. The van der Waals surface area contributed by atoms with Crippen LogP contribution >= 0.6 is 15.9 Å². The van der Waals surface area contributed by atoms with Gasteiger partial charge in [0, 0.05) is 11.5 Å². The van der Waals surface area contributed by atoms with Crippen LogP contribution in [0.2, 0.25) is 0 Å². The number of hydrogen-bond donors (Lipinski definition) is 2. The van der Waals surface area contributed by atoms with Crippen LogP contribution in [0.1, 0.15) is 6.92 Å². The Labute approximate surface area is 89.1 Å². The van der Waals surface area contributed by atoms with Crippen molar-refractivity contribution in [2.24, 2.45) is 5.92 Å². The van der Waals surface area contributed by atoms with Crippen LogP contribution in [0.5, 0.6) is 0 Å². The number of allylic oxidation sites excluding steroid dienone is 2. The minimum absolute atomic E-state index is 0.0896. The molecule has 1 aliphatic rings. The van der Waals surface area contributed by atoms with Gasteiger partial charge in [0.05, 0.1) is 0 Å². The van der Waals surface area contributed by atoms with Crippen molar-refractivity contribution >= 4 is 27.9 Å². The van der Waals surface area contributed by atoms with Crippen molar-refractivity contribution in [3.8, 4) is 0 Å². The first-order valence-electron chi connectivity index (χ1n) is 3.94. The molecule has 0 bridgehead atoms. The Morgan fingerprint density at radius 2 is 2.07 bits per heavy atom. The van der Waals surface area contributed by atoms with Crippen molar-refractivity contribution in [1.29, 1.82) is 0 Å². The lowest BCUT2D eigenvalue weighted by Gasteiger charge is -2.29. The van der Waals surface area contributed by atoms with Crippen LogP contribution in [0.15, 0.2) is 23.8 Å². The third kappa shape index (κ3) is 1.59. The fraction of sp³-hybridized carbons (Fsp3) is 0.333. The van der Waals surface area contributed by atoms with Crippen LogP contribution in [0.3, 0.4) is 0 Å². The van der Waals surface area contributed by atoms with Gasteiger partial charge in [0.1, 0.15) is 4.32 Å². The van der Waals surface area contributed by atoms with Gasteiger partial charge in [-0.15, -0.1) is 0 Å². The molecule has 5 heteroatoms. The molecule has 2 atom stereocenters. The van der Waals surface area contributed by atoms with Gasteiger partial charge in [0.2, 0.25) is 0 Å². The highest BCUT2D eigenvalue weighted by Gasteiger charge is 2.43. The first kappa shape index (κ1) is 11.0. The van der Waals surface area contributed by atoms with Gasteiger partial charge in [0.25, 0.3) is 0 Å². The summed E-state index contributed by atoms with van der Waals surface area (Å²) in [6.07, 6.45) is 4.29. The van der Waals surface area contributed by atoms with E-state index in [1.807, 2.05) is 0 Å². The van der Waals surface area contributed by atoms with Crippen molar-refractivity contribution in [2.45, 2.75) is 11.2 Å². The smallest absolute Gasteiger partial charge is 0.331 e. The van der Waals surface area contributed by atoms with E-state index in [1.165, 1.54) is 18.2 Å². The molecule has 0 amide bonds. The van der Waals surface area contributed by atoms with Crippen molar-refractivity contribution in [2.75, 3.05) is 0 Å². The number of rotatable bonds is 2. The van der Waals surface area contributed by atoms with Gasteiger partial charge < -0.3 is 10.2 Å². The second-order valence-electron chi connectivity index (χ2n) is 3.08. The molecule has 1 unspecified atom stereocenters. The van der Waals surface area contributed by atoms with Crippen LogP contribution < -0.4 is 0 Å². The van der Waals surface area contributed by atoms with E-state index in [2.05, 4.69) is 15.9 Å². The normalized spacial score (nSPS) is 31.0. The Hall–Kier alpha value is -1.10. The molecule has 1 aliphatic carbocycles. The van der Waals surface area contributed by atoms with E-state index in [4.69, 9.17) is 10.2 Å². The van der Waals surface area contributed by atoms with E-state index in [-0.39, 0.29) is 5.57 Å². The van der Waals surface area contributed by atoms with E-state index >= 15 is 0 Å². The minimum atomic E-state index is -1.31. The molecule has 0 radical (unpaired) electrons. The Morgan fingerprint density at radius 3 is 2.50 bits per heavy atom. The molecule has 0 spiro atoms. The topological polar surface area (TPSA) is 74.6 Å². The van der Waals surface area contributed by atoms with Crippen LogP contribution in [0.25, 0.3) is 0 Å². The Balaban J connectivity index is 3.11. The summed E-state index contributed by atoms with van der Waals surface area (Å²) in [4.78, 5) is 21.7. The van der Waals surface area contributed by atoms with Gasteiger partial charge in [0.15, 0.2) is 0 Å². The molecule has 4 nitrogen and oxygen atoms in total. The fourth-order valence-electron chi connectivity index (χ4n) is 1.32. The number of carbonyl (C=O) groups is 2. The summed E-state index contributed by atoms with van der Waals surface area (Å²) >= 11 is 3.04. The molecule has 0 aliphatic heterocycles. The first-order valence-corrected chi connectivity index (χ1v) is 4.74. The van der Waals surface area contributed by atoms with Crippen molar-refractivity contribution in [3.05, 3.63) is 23.8 Å². The Bertz CT molecular complexity index is 345. The molecule has 0 aromatic heterocycles. The highest BCUT2D eigenvalue weighted by Crippen LogP contribution is 2.37. The van der Waals surface area contributed by atoms with Crippen molar-refractivity contribution in [1.82, 2.24) is 0 Å². The predicted molar refractivity (Wildman–Crippen MR) is 53.3 cm³/mol. The Kier molecular flexibility index (Phi) is 2.80. The summed E-state index contributed by atoms with van der Waals surface area (Å²) in [5, 5.41) is 17.8. The molecule has 1 rings (SSSR count). The van der Waals surface area contributed by atoms with Crippen LogP contribution in [0.4, 0.5) is 0 Å². The van der Waals surface area contributed by atoms with E-state index in [1.54, 1.807) is 6.92 Å². The second-order valence-corrected chi connectivity index (χ2v) is 4.39. The van der Waals surface area contributed by atoms with Gasteiger partial charge in [-0.2, -0.15) is 0 Å². The molecule has 0 saturated carbocycles. The van der Waals surface area contributed by atoms with E-state index in [9.17, 15) is 9.59 Å². The molecular weight excluding hydrogens is 252 g/mol. The van der Waals surface area contributed by atoms with Gasteiger partial charge in [-0.05, 0) is 0 Å². The van der Waals surface area contributed by atoms with Gasteiger partial charge >= 0.3 is 11.9 Å². The highest BCUT2D eigenvalue weighted by atomic mass is 79.9. The van der Waals surface area contributed by atoms with E-state index in [0.717, 1.165) is 0 Å². The summed E-state index contributed by atoms with van der Waals surface area (Å²) < 4.78 is -1.31. The first-order chi connectivity index (χ1) is 6.39. The largest absolute Gasteiger partial charge is 0.480 e. The number of aliphatic carboxylic acids is 2. The zero-order valence-corrected chi connectivity index (χ0v) is 8.98. The lowest BCUT2D eigenvalue weighted by Crippen LogP contribution is -2.40. The molecule has 2 N–H and O–H groups in total. The van der Waals surface area contributed by atoms with Gasteiger partial charge in [-0.1, -0.05) is 41.1 Å². The molecule has 0 aromatic rings. The van der Waals surface area contributed by atoms with E-state index < -0.39 is 22.2 Å². The molecular formula is C9H9BrO4. The third-order valence-corrected chi connectivity index (χ3v) is 3.58. The molecule has 76 valence electrons. The number of halogens is 1. The maximum Gasteiger partial charge on any atom is 0.331 e. The molecule has 14 heavy (non-hydrogen) atoms. The highest BCUT2D eigenvalue weighted by molar-refractivity contribution is 9.10. The molecule has 0 heterocycles. The average Bonchev–Trinajstić information content (AvgIpc) is 2.09. The maximum absolute atomic E-state index is 10.9. The third-order valence-electron chi connectivity index (χ3n) is 2.29. The van der Waals surface area contributed by atoms with Crippen LogP contribution in [-0.2, 0) is 9.59 Å². The predicted octanol–water partition coefficient (Wildman–Crippen LogP) is 1.42. The lowest BCUT2D eigenvalue weighted by molar-refractivity contribution is -0.139. The number of carboxylic acids is 2. The average molecular weight is 261 g/mol. The standard InChI is InChI=1S/C9H9BrO4/c1-5-6(7(11)12)3-2-4-9(5,10)8(13)14/h2-5H,1H3,(H,11,12)(H,13,14)/t5-,9?/m0/s1. The summed E-state index contributed by atoms with van der Waals surface area (Å²) in [6.45, 7) is 1.56. The molecule has 0 aromatic carbocycles. The SMILES string of the molecule is C[C@H]1C(C(=O)O)=CC=CC1(Br)C(=O)O. The quantitative estimate of drug-likeness (QED) is 0.737. The zero-order chi connectivity index (χ0) is 10.9. The number of carboxylic acid groups (broad SMARTS) is 2. The van der Waals surface area contributed by atoms with E-state index in [0.29, 0.717) is 0 Å². The lowest BCUT2D eigenvalue weighted by atomic mass is 9.83. The number of hydrogen-bond acceptors (Lipinski definition) is 2. The van der Waals surface area contributed by atoms with Crippen molar-refractivity contribution < 1.29 is 19.8 Å². The van der Waals surface area contributed by atoms with Gasteiger partial charge in [-0.3, -0.25) is 4.79 Å². The number of alkyl halides is 1. The Morgan fingerprint density at radius 1 is 1.50 bits per heavy atom. The maximum atomic E-state index is 10.9.